The lowest BCUT2D eigenvalue weighted by Crippen LogP contribution is -2.20. The number of ether oxygens (including phenoxy) is 1. The van der Waals surface area contributed by atoms with Crippen molar-refractivity contribution in [3.8, 4) is 11.4 Å². The predicted octanol–water partition coefficient (Wildman–Crippen LogP) is 2.05. The molecule has 0 unspecified atom stereocenters. The van der Waals surface area contributed by atoms with Gasteiger partial charge in [0, 0.05) is 12.3 Å². The summed E-state index contributed by atoms with van der Waals surface area (Å²) in [6, 6.07) is 9.21. The molecule has 0 radical (unpaired) electrons. The number of aromatic nitrogens is 5. The van der Waals surface area contributed by atoms with Crippen molar-refractivity contribution in [2.45, 2.75) is 13.8 Å². The van der Waals surface area contributed by atoms with Crippen molar-refractivity contribution in [3.05, 3.63) is 58.4 Å². The summed E-state index contributed by atoms with van der Waals surface area (Å²) >= 11 is 0. The molecule has 0 atom stereocenters. The largest absolute Gasteiger partial charge is 0.497 e. The van der Waals surface area contributed by atoms with Crippen LogP contribution in [-0.2, 0) is 0 Å². The van der Waals surface area contributed by atoms with Gasteiger partial charge in [-0.3, -0.25) is 9.36 Å². The Morgan fingerprint density at radius 3 is 2.75 bits per heavy atom. The minimum atomic E-state index is -0.152. The van der Waals surface area contributed by atoms with Gasteiger partial charge in [-0.2, -0.15) is 9.50 Å². The summed E-state index contributed by atoms with van der Waals surface area (Å²) in [7, 11) is 1.60. The zero-order chi connectivity index (χ0) is 16.8. The Morgan fingerprint density at radius 2 is 1.96 bits per heavy atom. The molecule has 4 aromatic rings. The van der Waals surface area contributed by atoms with Gasteiger partial charge in [-0.25, -0.2) is 4.98 Å². The number of aryl methyl sites for hydroxylation is 2. The Balaban J connectivity index is 2.06. The molecule has 0 bridgehead atoms. The third-order valence-corrected chi connectivity index (χ3v) is 3.96. The van der Waals surface area contributed by atoms with Gasteiger partial charge in [0.15, 0.2) is 0 Å². The zero-order valence-electron chi connectivity index (χ0n) is 13.5. The number of benzene rings is 1. The quantitative estimate of drug-likeness (QED) is 0.565. The van der Waals surface area contributed by atoms with Gasteiger partial charge < -0.3 is 4.74 Å². The van der Waals surface area contributed by atoms with E-state index in [0.717, 1.165) is 5.69 Å². The molecule has 0 saturated heterocycles. The van der Waals surface area contributed by atoms with Crippen LogP contribution >= 0.6 is 0 Å². The van der Waals surface area contributed by atoms with Gasteiger partial charge in [0.05, 0.1) is 29.4 Å². The second-order valence-corrected chi connectivity index (χ2v) is 5.52. The molecule has 0 aliphatic rings. The highest BCUT2D eigenvalue weighted by molar-refractivity contribution is 5.82. The Labute approximate surface area is 137 Å². The van der Waals surface area contributed by atoms with Crippen LogP contribution in [0.5, 0.6) is 5.75 Å². The van der Waals surface area contributed by atoms with Gasteiger partial charge in [0.1, 0.15) is 11.6 Å². The van der Waals surface area contributed by atoms with Gasteiger partial charge >= 0.3 is 0 Å². The summed E-state index contributed by atoms with van der Waals surface area (Å²) in [6.45, 7) is 3.61. The van der Waals surface area contributed by atoms with Crippen molar-refractivity contribution < 1.29 is 4.74 Å². The average molecular weight is 321 g/mol. The number of fused-ring (bicyclic) bond motifs is 3. The monoisotopic (exact) mass is 321 g/mol. The number of methoxy groups -OCH3 is 1. The molecule has 7 nitrogen and oxygen atoms in total. The summed E-state index contributed by atoms with van der Waals surface area (Å²) in [6.07, 6.45) is 1.73. The van der Waals surface area contributed by atoms with Crippen LogP contribution in [0.3, 0.4) is 0 Å². The normalized spacial score (nSPS) is 11.3. The topological polar surface area (TPSA) is 74.3 Å². The molecule has 0 aliphatic carbocycles. The van der Waals surface area contributed by atoms with Crippen molar-refractivity contribution >= 4 is 16.7 Å². The summed E-state index contributed by atoms with van der Waals surface area (Å²) in [5.41, 5.74) is 1.91. The van der Waals surface area contributed by atoms with E-state index in [1.54, 1.807) is 29.3 Å². The van der Waals surface area contributed by atoms with E-state index in [1.165, 1.54) is 0 Å². The first-order valence-electron chi connectivity index (χ1n) is 7.48. The van der Waals surface area contributed by atoms with Crippen molar-refractivity contribution in [2.24, 2.45) is 0 Å². The van der Waals surface area contributed by atoms with E-state index < -0.39 is 0 Å². The van der Waals surface area contributed by atoms with Gasteiger partial charge in [-0.15, -0.1) is 5.10 Å². The van der Waals surface area contributed by atoms with Crippen molar-refractivity contribution in [3.63, 3.8) is 0 Å². The summed E-state index contributed by atoms with van der Waals surface area (Å²) in [5.74, 6) is 1.80. The fourth-order valence-corrected chi connectivity index (χ4v) is 2.85. The minimum Gasteiger partial charge on any atom is -0.497 e. The van der Waals surface area contributed by atoms with Gasteiger partial charge in [0.2, 0.25) is 0 Å². The van der Waals surface area contributed by atoms with Crippen LogP contribution in [0, 0.1) is 13.8 Å². The van der Waals surface area contributed by atoms with Crippen LogP contribution in [0.1, 0.15) is 11.5 Å². The molecule has 0 N–H and O–H groups in total. The summed E-state index contributed by atoms with van der Waals surface area (Å²) in [5, 5.41) is 4.85. The van der Waals surface area contributed by atoms with Crippen LogP contribution in [0.15, 0.2) is 41.3 Å². The standard InChI is InChI=1S/C17H15N5O2/c1-10-15-14(22-17(18-10)19-11(2)20-22)7-8-21(16(15)23)12-5-4-6-13(9-12)24-3/h4-9H,1-3H3. The maximum absolute atomic E-state index is 13.0. The van der Waals surface area contributed by atoms with E-state index >= 15 is 0 Å². The van der Waals surface area contributed by atoms with Crippen LogP contribution in [0.2, 0.25) is 0 Å². The molecule has 0 aliphatic heterocycles. The van der Waals surface area contributed by atoms with Gasteiger partial charge in [0.25, 0.3) is 11.3 Å². The first kappa shape index (κ1) is 14.4. The van der Waals surface area contributed by atoms with E-state index in [9.17, 15) is 4.79 Å². The molecule has 24 heavy (non-hydrogen) atoms. The van der Waals surface area contributed by atoms with Gasteiger partial charge in [-0.1, -0.05) is 6.07 Å². The van der Waals surface area contributed by atoms with E-state index in [-0.39, 0.29) is 5.56 Å². The summed E-state index contributed by atoms with van der Waals surface area (Å²) < 4.78 is 8.42. The number of hydrogen-bond acceptors (Lipinski definition) is 5. The molecule has 4 rings (SSSR count). The fraction of sp³-hybridized carbons (Fsp3) is 0.176. The maximum Gasteiger partial charge on any atom is 0.266 e. The molecule has 1 aromatic carbocycles. The predicted molar refractivity (Wildman–Crippen MR) is 89.9 cm³/mol. The number of nitrogens with zero attached hydrogens (tertiary/aromatic N) is 5. The number of hydrogen-bond donors (Lipinski definition) is 0. The molecule has 3 heterocycles. The molecular weight excluding hydrogens is 306 g/mol. The number of rotatable bonds is 2. The highest BCUT2D eigenvalue weighted by Crippen LogP contribution is 2.18. The highest BCUT2D eigenvalue weighted by atomic mass is 16.5. The third-order valence-electron chi connectivity index (χ3n) is 3.96. The van der Waals surface area contributed by atoms with E-state index in [0.29, 0.717) is 33.9 Å². The fourth-order valence-electron chi connectivity index (χ4n) is 2.85. The molecule has 0 fully saturated rings. The van der Waals surface area contributed by atoms with Crippen LogP contribution < -0.4 is 10.3 Å². The molecule has 0 amide bonds. The lowest BCUT2D eigenvalue weighted by atomic mass is 10.2. The Hall–Kier alpha value is -3.22. The average Bonchev–Trinajstić information content (AvgIpc) is 2.95. The molecule has 0 spiro atoms. The van der Waals surface area contributed by atoms with Crippen molar-refractivity contribution in [1.29, 1.82) is 0 Å². The van der Waals surface area contributed by atoms with E-state index in [2.05, 4.69) is 15.1 Å². The lowest BCUT2D eigenvalue weighted by Gasteiger charge is -2.10. The first-order chi connectivity index (χ1) is 11.6. The molecular formula is C17H15N5O2. The van der Waals surface area contributed by atoms with E-state index in [4.69, 9.17) is 4.74 Å². The zero-order valence-corrected chi connectivity index (χ0v) is 13.5. The number of pyridine rings is 1. The van der Waals surface area contributed by atoms with E-state index in [1.807, 2.05) is 37.3 Å². The first-order valence-corrected chi connectivity index (χ1v) is 7.48. The molecule has 0 saturated carbocycles. The highest BCUT2D eigenvalue weighted by Gasteiger charge is 2.14. The third kappa shape index (κ3) is 2.05. The van der Waals surface area contributed by atoms with Crippen molar-refractivity contribution in [2.75, 3.05) is 7.11 Å². The minimum absolute atomic E-state index is 0.152. The molecule has 120 valence electrons. The Morgan fingerprint density at radius 1 is 1.12 bits per heavy atom. The Kier molecular flexibility index (Phi) is 3.09. The van der Waals surface area contributed by atoms with Crippen molar-refractivity contribution in [1.82, 2.24) is 24.1 Å². The second-order valence-electron chi connectivity index (χ2n) is 5.52. The molecule has 3 aromatic heterocycles. The summed E-state index contributed by atoms with van der Waals surface area (Å²) in [4.78, 5) is 21.7. The van der Waals surface area contributed by atoms with Gasteiger partial charge in [-0.05, 0) is 32.0 Å². The second kappa shape index (κ2) is 5.16. The van der Waals surface area contributed by atoms with Crippen LogP contribution in [0.4, 0.5) is 0 Å². The smallest absolute Gasteiger partial charge is 0.266 e. The lowest BCUT2D eigenvalue weighted by molar-refractivity contribution is 0.414. The SMILES string of the molecule is COc1cccc(-n2ccc3c(c(C)nc4nc(C)nn43)c2=O)c1. The molecule has 7 heteroatoms. The maximum atomic E-state index is 13.0. The van der Waals surface area contributed by atoms with Crippen LogP contribution in [0.25, 0.3) is 22.4 Å². The van der Waals surface area contributed by atoms with Crippen LogP contribution in [-0.4, -0.2) is 31.3 Å². The Bertz CT molecular complexity index is 1140.